The van der Waals surface area contributed by atoms with Gasteiger partial charge in [-0.1, -0.05) is 53.9 Å². The van der Waals surface area contributed by atoms with Gasteiger partial charge in [-0.25, -0.2) is 0 Å². The number of aliphatic carboxylic acids is 1. The highest BCUT2D eigenvalue weighted by Crippen LogP contribution is 2.44. The van der Waals surface area contributed by atoms with Crippen LogP contribution >= 0.6 is 23.2 Å². The van der Waals surface area contributed by atoms with Crippen LogP contribution in [-0.4, -0.2) is 21.6 Å². The van der Waals surface area contributed by atoms with Crippen LogP contribution in [0.4, 0.5) is 0 Å². The Balaban J connectivity index is 1.41. The summed E-state index contributed by atoms with van der Waals surface area (Å²) in [5, 5.41) is 14.7. The number of hydrogen-bond donors (Lipinski definition) is 2. The maximum Gasteiger partial charge on any atom is 0.311 e. The van der Waals surface area contributed by atoms with Crippen LogP contribution in [0.2, 0.25) is 10.0 Å². The van der Waals surface area contributed by atoms with Gasteiger partial charge in [0, 0.05) is 18.0 Å². The van der Waals surface area contributed by atoms with Crippen molar-refractivity contribution in [2.45, 2.75) is 50.0 Å². The number of carboxylic acids is 1. The van der Waals surface area contributed by atoms with Gasteiger partial charge in [0.2, 0.25) is 0 Å². The van der Waals surface area contributed by atoms with E-state index in [4.69, 9.17) is 23.2 Å². The molecule has 1 unspecified atom stereocenters. The number of nitrogens with one attached hydrogen (secondary N) is 1. The van der Waals surface area contributed by atoms with E-state index in [2.05, 4.69) is 5.32 Å². The number of halogens is 2. The fourth-order valence-corrected chi connectivity index (χ4v) is 5.64. The number of aryl methyl sites for hydroxylation is 1. The van der Waals surface area contributed by atoms with Crippen LogP contribution in [0.3, 0.4) is 0 Å². The summed E-state index contributed by atoms with van der Waals surface area (Å²) in [7, 11) is 1.84. The highest BCUT2D eigenvalue weighted by molar-refractivity contribution is 6.45. The van der Waals surface area contributed by atoms with E-state index in [1.807, 2.05) is 41.9 Å². The molecular weight excluding hydrogens is 459 g/mol. The van der Waals surface area contributed by atoms with Crippen molar-refractivity contribution in [3.63, 3.8) is 0 Å². The standard InChI is InChI=1S/C26H26Cl2N2O3/c1-30-20-11-10-19(27)23(28)18(20)14-21(30)24(31)29-26(12-3-13-26)17-8-6-16(7-9-17)22(25(32)33)15-4-2-5-15/h6-11,14-15,22H,2-5,12-13H2,1H3,(H,29,31)(H,32,33). The Kier molecular flexibility index (Phi) is 5.66. The van der Waals surface area contributed by atoms with Crippen molar-refractivity contribution < 1.29 is 14.7 Å². The molecule has 1 atom stereocenters. The molecule has 3 aromatic rings. The second-order valence-electron chi connectivity index (χ2n) is 9.40. The molecule has 1 heterocycles. The molecule has 7 heteroatoms. The van der Waals surface area contributed by atoms with Crippen molar-refractivity contribution in [1.29, 1.82) is 0 Å². The number of hydrogen-bond acceptors (Lipinski definition) is 2. The molecule has 0 bridgehead atoms. The molecular formula is C26H26Cl2N2O3. The zero-order valence-electron chi connectivity index (χ0n) is 18.4. The van der Waals surface area contributed by atoms with Crippen LogP contribution in [0.1, 0.15) is 66.1 Å². The molecule has 2 fully saturated rings. The lowest BCUT2D eigenvalue weighted by Gasteiger charge is -2.43. The number of carboxylic acid groups (broad SMARTS) is 1. The lowest BCUT2D eigenvalue weighted by molar-refractivity contribution is -0.141. The maximum absolute atomic E-state index is 13.3. The fourth-order valence-electron chi connectivity index (χ4n) is 5.26. The Morgan fingerprint density at radius 3 is 2.33 bits per heavy atom. The first-order valence-corrected chi connectivity index (χ1v) is 12.2. The molecule has 0 aliphatic heterocycles. The number of amides is 1. The zero-order valence-corrected chi connectivity index (χ0v) is 19.9. The normalized spacial score (nSPS) is 18.4. The summed E-state index contributed by atoms with van der Waals surface area (Å²) < 4.78 is 1.83. The molecule has 5 rings (SSSR count). The Labute approximate surface area is 202 Å². The van der Waals surface area contributed by atoms with Crippen LogP contribution in [0.15, 0.2) is 42.5 Å². The van der Waals surface area contributed by atoms with Crippen molar-refractivity contribution in [2.75, 3.05) is 0 Å². The third-order valence-electron chi connectivity index (χ3n) is 7.62. The summed E-state index contributed by atoms with van der Waals surface area (Å²) in [6.07, 6.45) is 5.77. The van der Waals surface area contributed by atoms with E-state index in [1.165, 1.54) is 0 Å². The molecule has 2 aliphatic rings. The van der Waals surface area contributed by atoms with E-state index < -0.39 is 17.4 Å². The Bertz CT molecular complexity index is 1240. The van der Waals surface area contributed by atoms with E-state index in [9.17, 15) is 14.7 Å². The first kappa shape index (κ1) is 22.3. The number of aromatic nitrogens is 1. The van der Waals surface area contributed by atoms with Gasteiger partial charge >= 0.3 is 5.97 Å². The quantitative estimate of drug-likeness (QED) is 0.433. The van der Waals surface area contributed by atoms with Gasteiger partial charge in [0.25, 0.3) is 5.91 Å². The van der Waals surface area contributed by atoms with E-state index in [-0.39, 0.29) is 11.8 Å². The average Bonchev–Trinajstić information content (AvgIpc) is 3.07. The highest BCUT2D eigenvalue weighted by atomic mass is 35.5. The summed E-state index contributed by atoms with van der Waals surface area (Å²) in [5.41, 5.74) is 2.79. The van der Waals surface area contributed by atoms with Gasteiger partial charge in [-0.2, -0.15) is 0 Å². The second-order valence-corrected chi connectivity index (χ2v) is 10.2. The number of nitrogens with zero attached hydrogens (tertiary/aromatic N) is 1. The molecule has 1 amide bonds. The monoisotopic (exact) mass is 484 g/mol. The largest absolute Gasteiger partial charge is 0.481 e. The SMILES string of the molecule is Cn1c(C(=O)NC2(c3ccc(C(C(=O)O)C4CCC4)cc3)CCC2)cc2c(Cl)c(Cl)ccc21. The molecule has 2 saturated carbocycles. The van der Waals surface area contributed by atoms with Crippen LogP contribution < -0.4 is 5.32 Å². The van der Waals surface area contributed by atoms with Crippen LogP contribution in [-0.2, 0) is 17.4 Å². The zero-order chi connectivity index (χ0) is 23.3. The van der Waals surface area contributed by atoms with Crippen molar-refractivity contribution in [2.24, 2.45) is 13.0 Å². The van der Waals surface area contributed by atoms with Gasteiger partial charge in [0.1, 0.15) is 5.69 Å². The Hall–Kier alpha value is -2.50. The molecule has 1 aromatic heterocycles. The van der Waals surface area contributed by atoms with Crippen molar-refractivity contribution in [3.05, 3.63) is 69.3 Å². The van der Waals surface area contributed by atoms with Gasteiger partial charge in [-0.3, -0.25) is 9.59 Å². The second kappa shape index (κ2) is 8.37. The number of fused-ring (bicyclic) bond motifs is 1. The van der Waals surface area contributed by atoms with E-state index in [1.54, 1.807) is 12.1 Å². The van der Waals surface area contributed by atoms with Gasteiger partial charge in [0.05, 0.1) is 21.5 Å². The topological polar surface area (TPSA) is 71.3 Å². The first-order valence-electron chi connectivity index (χ1n) is 11.4. The van der Waals surface area contributed by atoms with Gasteiger partial charge < -0.3 is 15.0 Å². The summed E-state index contributed by atoms with van der Waals surface area (Å²) in [4.78, 5) is 25.2. The van der Waals surface area contributed by atoms with Gasteiger partial charge in [-0.15, -0.1) is 0 Å². The van der Waals surface area contributed by atoms with Crippen LogP contribution in [0.25, 0.3) is 10.9 Å². The number of carbonyl (C=O) groups excluding carboxylic acids is 1. The van der Waals surface area contributed by atoms with E-state index >= 15 is 0 Å². The minimum Gasteiger partial charge on any atom is -0.481 e. The first-order chi connectivity index (χ1) is 15.8. The molecule has 172 valence electrons. The minimum atomic E-state index is -0.756. The van der Waals surface area contributed by atoms with Crippen LogP contribution in [0, 0.1) is 5.92 Å². The molecule has 5 nitrogen and oxygen atoms in total. The molecule has 0 radical (unpaired) electrons. The van der Waals surface area contributed by atoms with Gasteiger partial charge in [-0.05, 0) is 67.3 Å². The Morgan fingerprint density at radius 1 is 1.09 bits per heavy atom. The van der Waals surface area contributed by atoms with Crippen molar-refractivity contribution in [3.8, 4) is 0 Å². The van der Waals surface area contributed by atoms with Crippen molar-refractivity contribution >= 4 is 46.0 Å². The van der Waals surface area contributed by atoms with E-state index in [0.717, 1.165) is 60.6 Å². The lowest BCUT2D eigenvalue weighted by atomic mass is 9.70. The third kappa shape index (κ3) is 3.71. The lowest BCUT2D eigenvalue weighted by Crippen LogP contribution is -2.51. The predicted octanol–water partition coefficient (Wildman–Crippen LogP) is 6.26. The van der Waals surface area contributed by atoms with E-state index in [0.29, 0.717) is 15.7 Å². The van der Waals surface area contributed by atoms with Gasteiger partial charge in [0.15, 0.2) is 0 Å². The summed E-state index contributed by atoms with van der Waals surface area (Å²) in [5.74, 6) is -1.15. The average molecular weight is 485 g/mol. The summed E-state index contributed by atoms with van der Waals surface area (Å²) >= 11 is 12.5. The maximum atomic E-state index is 13.3. The van der Waals surface area contributed by atoms with Crippen molar-refractivity contribution in [1.82, 2.24) is 9.88 Å². The number of carbonyl (C=O) groups is 2. The van der Waals surface area contributed by atoms with Crippen LogP contribution in [0.5, 0.6) is 0 Å². The molecule has 2 aliphatic carbocycles. The summed E-state index contributed by atoms with van der Waals surface area (Å²) in [6, 6.07) is 13.2. The predicted molar refractivity (Wildman–Crippen MR) is 130 cm³/mol. The molecule has 0 saturated heterocycles. The third-order valence-corrected chi connectivity index (χ3v) is 8.43. The number of benzene rings is 2. The Morgan fingerprint density at radius 2 is 1.79 bits per heavy atom. The molecule has 2 aromatic carbocycles. The molecule has 33 heavy (non-hydrogen) atoms. The smallest absolute Gasteiger partial charge is 0.311 e. The summed E-state index contributed by atoms with van der Waals surface area (Å²) in [6.45, 7) is 0. The molecule has 0 spiro atoms. The molecule has 2 N–H and O–H groups in total. The minimum absolute atomic E-state index is 0.164. The fraction of sp³-hybridized carbons (Fsp3) is 0.385. The highest BCUT2D eigenvalue weighted by Gasteiger charge is 2.41. The number of rotatable bonds is 6.